The molecule has 3 saturated heterocycles. The number of halogens is 2. The van der Waals surface area contributed by atoms with E-state index >= 15 is 0 Å². The van der Waals surface area contributed by atoms with Gasteiger partial charge < -0.3 is 20.3 Å². The van der Waals surface area contributed by atoms with Gasteiger partial charge in [0.25, 0.3) is 0 Å². The van der Waals surface area contributed by atoms with Crippen LogP contribution in [0.4, 0.5) is 19.3 Å². The number of rotatable bonds is 4. The average Bonchev–Trinajstić information content (AvgIpc) is 2.55. The quantitative estimate of drug-likeness (QED) is 0.641. The van der Waals surface area contributed by atoms with Crippen molar-refractivity contribution in [1.29, 1.82) is 0 Å². The lowest BCUT2D eigenvalue weighted by Gasteiger charge is -2.41. The summed E-state index contributed by atoms with van der Waals surface area (Å²) in [5.74, 6) is -3.79. The van der Waals surface area contributed by atoms with Crippen LogP contribution in [0.3, 0.4) is 0 Å². The van der Waals surface area contributed by atoms with E-state index in [0.717, 1.165) is 0 Å². The molecule has 10 heteroatoms. The van der Waals surface area contributed by atoms with Gasteiger partial charge in [0.1, 0.15) is 17.7 Å². The van der Waals surface area contributed by atoms with Gasteiger partial charge in [0.2, 0.25) is 11.8 Å². The van der Waals surface area contributed by atoms with Crippen molar-refractivity contribution < 1.29 is 27.9 Å². The van der Waals surface area contributed by atoms with Crippen LogP contribution in [-0.4, -0.2) is 56.2 Å². The molecule has 3 aliphatic heterocycles. The Hall–Kier alpha value is -2.75. The zero-order valence-corrected chi connectivity index (χ0v) is 15.0. The van der Waals surface area contributed by atoms with Crippen LogP contribution in [0.5, 0.6) is 0 Å². The summed E-state index contributed by atoms with van der Waals surface area (Å²) in [6.07, 6.45) is -0.490. The maximum absolute atomic E-state index is 14.6. The van der Waals surface area contributed by atoms with Crippen molar-refractivity contribution >= 4 is 23.6 Å². The molecule has 0 spiro atoms. The maximum Gasteiger partial charge on any atom is 0.407 e. The predicted octanol–water partition coefficient (Wildman–Crippen LogP) is 1.01. The van der Waals surface area contributed by atoms with Crippen LogP contribution in [0.1, 0.15) is 31.7 Å². The van der Waals surface area contributed by atoms with E-state index in [9.17, 15) is 23.2 Å². The highest BCUT2D eigenvalue weighted by atomic mass is 19.1. The Morgan fingerprint density at radius 1 is 1.17 bits per heavy atom. The monoisotopic (exact) mass is 410 g/mol. The first-order valence-corrected chi connectivity index (χ1v) is 9.16. The van der Waals surface area contributed by atoms with Crippen LogP contribution in [0.25, 0.3) is 0 Å². The molecule has 0 saturated carbocycles. The zero-order valence-electron chi connectivity index (χ0n) is 15.0. The Morgan fingerprint density at radius 2 is 1.83 bits per heavy atom. The minimum atomic E-state index is -1.02. The second-order valence-electron chi connectivity index (χ2n) is 7.26. The van der Waals surface area contributed by atoms with E-state index in [4.69, 9.17) is 4.74 Å². The van der Waals surface area contributed by atoms with Gasteiger partial charge >= 0.3 is 6.09 Å². The number of nitrogens with zero attached hydrogens (tertiary/aromatic N) is 1. The summed E-state index contributed by atoms with van der Waals surface area (Å²) < 4.78 is 34.3. The normalized spacial score (nSPS) is 22.1. The zero-order chi connectivity index (χ0) is 19.8. The van der Waals surface area contributed by atoms with Gasteiger partial charge in [0, 0.05) is 43.9 Å². The Kier molecular flexibility index (Phi) is 6.02. The highest BCUT2D eigenvalue weighted by Gasteiger charge is 2.35. The van der Waals surface area contributed by atoms with Crippen LogP contribution < -0.4 is 20.9 Å². The Balaban J connectivity index is 0.00000240. The van der Waals surface area contributed by atoms with Crippen molar-refractivity contribution in [2.24, 2.45) is 0 Å². The fourth-order valence-electron chi connectivity index (χ4n) is 3.53. The molecule has 158 valence electrons. The van der Waals surface area contributed by atoms with Crippen LogP contribution in [0.15, 0.2) is 12.1 Å². The van der Waals surface area contributed by atoms with Crippen molar-refractivity contribution in [1.82, 2.24) is 16.0 Å². The fourth-order valence-corrected chi connectivity index (χ4v) is 3.53. The maximum atomic E-state index is 14.6. The van der Waals surface area contributed by atoms with Crippen molar-refractivity contribution in [2.45, 2.75) is 38.3 Å². The van der Waals surface area contributed by atoms with Crippen molar-refractivity contribution in [2.75, 3.05) is 31.1 Å². The van der Waals surface area contributed by atoms with E-state index in [1.807, 2.05) is 0 Å². The van der Waals surface area contributed by atoms with Crippen LogP contribution in [0, 0.1) is 11.6 Å². The van der Waals surface area contributed by atoms with E-state index in [1.165, 1.54) is 12.1 Å². The second-order valence-corrected chi connectivity index (χ2v) is 7.26. The highest BCUT2D eigenvalue weighted by molar-refractivity contribution is 6.01. The van der Waals surface area contributed by atoms with Gasteiger partial charge in [0.05, 0.1) is 12.0 Å². The third-order valence-electron chi connectivity index (χ3n) is 5.24. The standard InChI is InChI=1S/C18H20F2N4O4.CH4/c19-13-3-10(4-14(20)16(13)12-1-2-15(25)23-17(12)26)24-7-9(8-24)22-18(27)28-11-5-21-6-11;/h3-4,9,11-12,21H,1-2,5-8H2,(H,22,27)(H,23,25,26);1H4. The highest BCUT2D eigenvalue weighted by Crippen LogP contribution is 2.33. The minimum absolute atomic E-state index is 0. The molecule has 8 nitrogen and oxygen atoms in total. The number of hydrogen-bond acceptors (Lipinski definition) is 6. The number of imide groups is 1. The summed E-state index contributed by atoms with van der Waals surface area (Å²) in [6, 6.07) is 2.19. The van der Waals surface area contributed by atoms with Crippen molar-refractivity contribution in [3.05, 3.63) is 29.3 Å². The average molecular weight is 410 g/mol. The molecule has 1 unspecified atom stereocenters. The van der Waals surface area contributed by atoms with E-state index in [2.05, 4.69) is 16.0 Å². The number of carbonyl (C=O) groups is 3. The predicted molar refractivity (Wildman–Crippen MR) is 100 cm³/mol. The largest absolute Gasteiger partial charge is 0.444 e. The molecular weight excluding hydrogens is 386 g/mol. The van der Waals surface area contributed by atoms with Crippen LogP contribution in [0.2, 0.25) is 0 Å². The Bertz CT molecular complexity index is 801. The molecule has 4 rings (SSSR count). The number of alkyl carbamates (subject to hydrolysis) is 1. The first-order chi connectivity index (χ1) is 13.4. The number of ether oxygens (including phenoxy) is 1. The molecule has 1 aromatic rings. The lowest BCUT2D eigenvalue weighted by Crippen LogP contribution is -2.60. The SMILES string of the molecule is C.O=C1CCC(c2c(F)cc(N3CC(NC(=O)OC4CNC4)C3)cc2F)C(=O)N1. The van der Waals surface area contributed by atoms with Gasteiger partial charge in [-0.15, -0.1) is 0 Å². The van der Waals surface area contributed by atoms with E-state index in [-0.39, 0.29) is 38.0 Å². The molecule has 0 aromatic heterocycles. The Morgan fingerprint density at radius 3 is 2.38 bits per heavy atom. The molecule has 29 heavy (non-hydrogen) atoms. The molecule has 3 N–H and O–H groups in total. The number of piperidine rings is 1. The van der Waals surface area contributed by atoms with Gasteiger partial charge in [-0.1, -0.05) is 7.43 Å². The van der Waals surface area contributed by atoms with E-state index in [1.54, 1.807) is 4.90 Å². The van der Waals surface area contributed by atoms with Gasteiger partial charge in [-0.2, -0.15) is 0 Å². The number of anilines is 1. The van der Waals surface area contributed by atoms with E-state index < -0.39 is 35.5 Å². The molecule has 3 heterocycles. The first-order valence-electron chi connectivity index (χ1n) is 9.16. The molecule has 0 bridgehead atoms. The molecule has 1 atom stereocenters. The first kappa shape index (κ1) is 21.0. The minimum Gasteiger partial charge on any atom is -0.444 e. The van der Waals surface area contributed by atoms with Crippen LogP contribution >= 0.6 is 0 Å². The summed E-state index contributed by atoms with van der Waals surface area (Å²) in [5, 5.41) is 7.82. The molecule has 3 amide bonds. The lowest BCUT2D eigenvalue weighted by molar-refractivity contribution is -0.134. The van der Waals surface area contributed by atoms with Gasteiger partial charge in [0.15, 0.2) is 0 Å². The van der Waals surface area contributed by atoms with Crippen molar-refractivity contribution in [3.8, 4) is 0 Å². The van der Waals surface area contributed by atoms with Crippen molar-refractivity contribution in [3.63, 3.8) is 0 Å². The Labute approximate surface area is 167 Å². The number of benzene rings is 1. The second kappa shape index (κ2) is 8.32. The fraction of sp³-hybridized carbons (Fsp3) is 0.526. The molecule has 3 aliphatic rings. The summed E-state index contributed by atoms with van der Waals surface area (Å²) in [6.45, 7) is 2.08. The lowest BCUT2D eigenvalue weighted by atomic mass is 9.89. The molecule has 3 fully saturated rings. The van der Waals surface area contributed by atoms with E-state index in [0.29, 0.717) is 31.9 Å². The third-order valence-corrected chi connectivity index (χ3v) is 5.24. The van der Waals surface area contributed by atoms with Gasteiger partial charge in [-0.25, -0.2) is 13.6 Å². The van der Waals surface area contributed by atoms with Gasteiger partial charge in [-0.05, 0) is 18.6 Å². The summed E-state index contributed by atoms with van der Waals surface area (Å²) >= 11 is 0. The summed E-state index contributed by atoms with van der Waals surface area (Å²) in [5.41, 5.74) is 0.0160. The van der Waals surface area contributed by atoms with Gasteiger partial charge in [-0.3, -0.25) is 14.9 Å². The summed E-state index contributed by atoms with van der Waals surface area (Å²) in [4.78, 5) is 36.6. The molecular formula is C19H24F2N4O4. The molecule has 1 aromatic carbocycles. The number of carbonyl (C=O) groups excluding carboxylic acids is 3. The smallest absolute Gasteiger partial charge is 0.407 e. The molecule has 0 radical (unpaired) electrons. The topological polar surface area (TPSA) is 99.8 Å². The summed E-state index contributed by atoms with van der Waals surface area (Å²) in [7, 11) is 0. The number of nitrogens with one attached hydrogen (secondary N) is 3. The molecule has 0 aliphatic carbocycles. The number of amides is 3. The third kappa shape index (κ3) is 4.31. The van der Waals surface area contributed by atoms with Crippen LogP contribution in [-0.2, 0) is 14.3 Å². The number of hydrogen-bond donors (Lipinski definition) is 3.